The molecule has 2 aromatic rings. The Morgan fingerprint density at radius 3 is 2.88 bits per heavy atom. The number of hydrogen-bond acceptors (Lipinski definition) is 4. The van der Waals surface area contributed by atoms with Crippen molar-refractivity contribution in [3.05, 3.63) is 62.3 Å². The van der Waals surface area contributed by atoms with Gasteiger partial charge in [0.15, 0.2) is 5.96 Å². The number of guanidine groups is 1. The second-order valence-electron chi connectivity index (χ2n) is 5.46. The maximum Gasteiger partial charge on any atom is 0.269 e. The molecule has 2 N–H and O–H groups in total. The smallest absolute Gasteiger partial charge is 0.269 e. The maximum absolute atomic E-state index is 10.8. The van der Waals surface area contributed by atoms with Crippen LogP contribution in [0, 0.1) is 10.1 Å². The lowest BCUT2D eigenvalue weighted by molar-refractivity contribution is -0.384. The monoisotopic (exact) mass is 346 g/mol. The van der Waals surface area contributed by atoms with Gasteiger partial charge in [0.05, 0.1) is 11.5 Å². The van der Waals surface area contributed by atoms with Gasteiger partial charge in [0.25, 0.3) is 5.69 Å². The molecule has 1 unspecified atom stereocenters. The van der Waals surface area contributed by atoms with Crippen LogP contribution in [0.2, 0.25) is 0 Å². The van der Waals surface area contributed by atoms with Crippen LogP contribution in [0.1, 0.15) is 30.9 Å². The molecular formula is C17H22N4O2S. The van der Waals surface area contributed by atoms with E-state index >= 15 is 0 Å². The topological polar surface area (TPSA) is 79.6 Å². The third-order valence-corrected chi connectivity index (χ3v) is 4.27. The minimum Gasteiger partial charge on any atom is -0.357 e. The molecule has 0 radical (unpaired) electrons. The molecule has 1 heterocycles. The quantitative estimate of drug-likeness (QED) is 0.348. The van der Waals surface area contributed by atoms with Gasteiger partial charge in [0.2, 0.25) is 0 Å². The van der Waals surface area contributed by atoms with Crippen LogP contribution in [-0.4, -0.2) is 24.0 Å². The Kier molecular flexibility index (Phi) is 6.74. The number of aliphatic imine (C=N–C) groups is 1. The Labute approximate surface area is 145 Å². The number of thiophene rings is 1. The number of hydrogen-bond donors (Lipinski definition) is 2. The van der Waals surface area contributed by atoms with Gasteiger partial charge in [-0.15, -0.1) is 0 Å². The van der Waals surface area contributed by atoms with E-state index in [9.17, 15) is 10.1 Å². The Morgan fingerprint density at radius 2 is 2.21 bits per heavy atom. The molecule has 0 bridgehead atoms. The summed E-state index contributed by atoms with van der Waals surface area (Å²) < 4.78 is 0. The lowest BCUT2D eigenvalue weighted by Gasteiger charge is -2.15. The predicted octanol–water partition coefficient (Wildman–Crippen LogP) is 3.52. The molecule has 1 aromatic heterocycles. The van der Waals surface area contributed by atoms with E-state index in [0.29, 0.717) is 18.4 Å². The fourth-order valence-corrected chi connectivity index (χ4v) is 2.99. The van der Waals surface area contributed by atoms with Crippen molar-refractivity contribution in [3.8, 4) is 0 Å². The van der Waals surface area contributed by atoms with Crippen molar-refractivity contribution in [2.45, 2.75) is 26.3 Å². The molecule has 7 heteroatoms. The first-order valence-electron chi connectivity index (χ1n) is 7.87. The molecule has 0 fully saturated rings. The van der Waals surface area contributed by atoms with Gasteiger partial charge in [-0.25, -0.2) is 4.99 Å². The normalized spacial score (nSPS) is 12.7. The maximum atomic E-state index is 10.8. The summed E-state index contributed by atoms with van der Waals surface area (Å²) >= 11 is 1.69. The van der Waals surface area contributed by atoms with Crippen molar-refractivity contribution < 1.29 is 4.92 Å². The summed E-state index contributed by atoms with van der Waals surface area (Å²) in [4.78, 5) is 15.0. The summed E-state index contributed by atoms with van der Waals surface area (Å²) in [6.45, 7) is 6.10. The fourth-order valence-electron chi connectivity index (χ4n) is 2.20. The Bertz CT molecular complexity index is 686. The third-order valence-electron chi connectivity index (χ3n) is 3.57. The molecular weight excluding hydrogens is 324 g/mol. The van der Waals surface area contributed by atoms with Crippen molar-refractivity contribution in [2.24, 2.45) is 4.99 Å². The van der Waals surface area contributed by atoms with E-state index in [-0.39, 0.29) is 10.6 Å². The van der Waals surface area contributed by atoms with E-state index < -0.39 is 0 Å². The summed E-state index contributed by atoms with van der Waals surface area (Å²) in [6, 6.07) is 8.69. The lowest BCUT2D eigenvalue weighted by atomic mass is 10.1. The zero-order valence-corrected chi connectivity index (χ0v) is 14.7. The van der Waals surface area contributed by atoms with Crippen molar-refractivity contribution in [2.75, 3.05) is 13.1 Å². The highest BCUT2D eigenvalue weighted by Crippen LogP contribution is 2.17. The highest BCUT2D eigenvalue weighted by atomic mass is 32.1. The van der Waals surface area contributed by atoms with Crippen LogP contribution in [-0.2, 0) is 6.54 Å². The van der Waals surface area contributed by atoms with E-state index in [0.717, 1.165) is 18.7 Å². The third kappa shape index (κ3) is 5.34. The first kappa shape index (κ1) is 17.9. The van der Waals surface area contributed by atoms with E-state index in [4.69, 9.17) is 0 Å². The molecule has 0 amide bonds. The van der Waals surface area contributed by atoms with Crippen LogP contribution >= 0.6 is 11.3 Å². The van der Waals surface area contributed by atoms with Crippen molar-refractivity contribution >= 4 is 23.0 Å². The standard InChI is InChI=1S/C17H22N4O2S/c1-3-18-17(19-10-13(2)15-7-8-24-12-15)20-11-14-5-4-6-16(9-14)21(22)23/h4-9,12-13H,3,10-11H2,1-2H3,(H2,18,19,20). The number of benzene rings is 1. The number of nitro groups is 1. The molecule has 0 aliphatic rings. The largest absolute Gasteiger partial charge is 0.357 e. The van der Waals surface area contributed by atoms with Crippen LogP contribution in [0.15, 0.2) is 46.1 Å². The van der Waals surface area contributed by atoms with Crippen molar-refractivity contribution in [1.29, 1.82) is 0 Å². The van der Waals surface area contributed by atoms with Crippen molar-refractivity contribution in [3.63, 3.8) is 0 Å². The highest BCUT2D eigenvalue weighted by molar-refractivity contribution is 7.07. The molecule has 6 nitrogen and oxygen atoms in total. The van der Waals surface area contributed by atoms with Crippen molar-refractivity contribution in [1.82, 2.24) is 10.6 Å². The van der Waals surface area contributed by atoms with E-state index in [1.54, 1.807) is 23.5 Å². The van der Waals surface area contributed by atoms with Gasteiger partial charge in [-0.2, -0.15) is 11.3 Å². The SMILES string of the molecule is CCNC(=NCc1cccc([N+](=O)[O-])c1)NCC(C)c1ccsc1. The average molecular weight is 346 g/mol. The van der Waals surface area contributed by atoms with Crippen LogP contribution in [0.5, 0.6) is 0 Å². The fraction of sp³-hybridized carbons (Fsp3) is 0.353. The van der Waals surface area contributed by atoms with Gasteiger partial charge >= 0.3 is 0 Å². The summed E-state index contributed by atoms with van der Waals surface area (Å²) in [5, 5.41) is 21.6. The van der Waals surface area contributed by atoms with Gasteiger partial charge in [0, 0.05) is 25.2 Å². The minimum atomic E-state index is -0.390. The second kappa shape index (κ2) is 9.02. The molecule has 0 spiro atoms. The number of non-ortho nitro benzene ring substituents is 1. The molecule has 0 saturated carbocycles. The van der Waals surface area contributed by atoms with Crippen LogP contribution < -0.4 is 10.6 Å². The summed E-state index contributed by atoms with van der Waals surface area (Å²) in [7, 11) is 0. The molecule has 0 aliphatic carbocycles. The molecule has 24 heavy (non-hydrogen) atoms. The number of rotatable bonds is 7. The van der Waals surface area contributed by atoms with Crippen LogP contribution in [0.25, 0.3) is 0 Å². The van der Waals surface area contributed by atoms with E-state index in [1.165, 1.54) is 11.6 Å². The average Bonchev–Trinajstić information content (AvgIpc) is 3.12. The molecule has 1 aromatic carbocycles. The Balaban J connectivity index is 1.97. The summed E-state index contributed by atoms with van der Waals surface area (Å²) in [5.41, 5.74) is 2.21. The number of nitrogens with one attached hydrogen (secondary N) is 2. The van der Waals surface area contributed by atoms with Gasteiger partial charge < -0.3 is 10.6 Å². The van der Waals surface area contributed by atoms with Gasteiger partial charge in [-0.3, -0.25) is 10.1 Å². The van der Waals surface area contributed by atoms with Crippen LogP contribution in [0.3, 0.4) is 0 Å². The Morgan fingerprint density at radius 1 is 1.38 bits per heavy atom. The first-order chi connectivity index (χ1) is 11.6. The molecule has 1 atom stereocenters. The molecule has 0 aliphatic heterocycles. The predicted molar refractivity (Wildman–Crippen MR) is 98.6 cm³/mol. The molecule has 128 valence electrons. The molecule has 2 rings (SSSR count). The van der Waals surface area contributed by atoms with E-state index in [1.807, 2.05) is 13.0 Å². The van der Waals surface area contributed by atoms with E-state index in [2.05, 4.69) is 39.4 Å². The highest BCUT2D eigenvalue weighted by Gasteiger charge is 2.08. The Hall–Kier alpha value is -2.41. The zero-order chi connectivity index (χ0) is 17.4. The van der Waals surface area contributed by atoms with Gasteiger partial charge in [-0.05, 0) is 40.8 Å². The summed E-state index contributed by atoms with van der Waals surface area (Å²) in [5.74, 6) is 1.10. The second-order valence-corrected chi connectivity index (χ2v) is 6.24. The lowest BCUT2D eigenvalue weighted by Crippen LogP contribution is -2.39. The van der Waals surface area contributed by atoms with Crippen LogP contribution in [0.4, 0.5) is 5.69 Å². The summed E-state index contributed by atoms with van der Waals surface area (Å²) in [6.07, 6.45) is 0. The van der Waals surface area contributed by atoms with Gasteiger partial charge in [-0.1, -0.05) is 19.1 Å². The zero-order valence-electron chi connectivity index (χ0n) is 13.9. The number of nitro benzene ring substituents is 1. The number of nitrogens with zero attached hydrogens (tertiary/aromatic N) is 2. The minimum absolute atomic E-state index is 0.0896. The van der Waals surface area contributed by atoms with Gasteiger partial charge in [0.1, 0.15) is 0 Å². The first-order valence-corrected chi connectivity index (χ1v) is 8.82. The molecule has 0 saturated heterocycles.